The second-order valence-electron chi connectivity index (χ2n) is 0.217. The van der Waals surface area contributed by atoms with E-state index in [0.29, 0.717) is 0 Å². The van der Waals surface area contributed by atoms with Crippen molar-refractivity contribution in [2.75, 3.05) is 0 Å². The van der Waals surface area contributed by atoms with Crippen molar-refractivity contribution >= 4 is 11.4 Å². The van der Waals surface area contributed by atoms with E-state index in [2.05, 4.69) is 17.6 Å². The summed E-state index contributed by atoms with van der Waals surface area (Å²) in [5, 5.41) is 6.50. The fourth-order valence-corrected chi connectivity index (χ4v) is 0. The van der Waals surface area contributed by atoms with Crippen molar-refractivity contribution in [3.8, 4) is 0 Å². The molecular weight excluding hydrogens is 161 g/mol. The van der Waals surface area contributed by atoms with E-state index in [9.17, 15) is 0 Å². The first-order valence-corrected chi connectivity index (χ1v) is 2.14. The van der Waals surface area contributed by atoms with Crippen LogP contribution in [-0.4, -0.2) is 18.5 Å². The maximum absolute atomic E-state index is 8.56. The van der Waals surface area contributed by atoms with Crippen molar-refractivity contribution in [1.82, 2.24) is 0 Å². The van der Waals surface area contributed by atoms with Crippen LogP contribution in [0.4, 0.5) is 0 Å². The summed E-state index contributed by atoms with van der Waals surface area (Å²) < 4.78 is 24.1. The first-order valence-electron chi connectivity index (χ1n) is 1.11. The average molecular weight is 169 g/mol. The average Bonchev–Trinajstić information content (AvgIpc) is 1.75. The van der Waals surface area contributed by atoms with Crippen LogP contribution in [0.5, 0.6) is 0 Å². The number of hydrazine groups is 1. The summed E-state index contributed by atoms with van der Waals surface area (Å²) in [5.74, 6) is 11.5. The normalized spacial score (nSPS) is 8.22. The Balaban J connectivity index is -0.0000000221. The number of nitrogens with two attached hydrogens (primary N) is 3. The summed E-state index contributed by atoms with van der Waals surface area (Å²) in [4.78, 5) is 0. The maximum atomic E-state index is 8.56. The molecule has 1 atom stereocenters. The van der Waals surface area contributed by atoms with Crippen LogP contribution in [0.1, 0.15) is 0 Å². The number of hydrogen-bond donors (Lipinski definition) is 5. The van der Waals surface area contributed by atoms with E-state index in [4.69, 9.17) is 18.5 Å². The van der Waals surface area contributed by atoms with Crippen LogP contribution in [0.2, 0.25) is 0 Å². The minimum absolute atomic E-state index is 0. The molecule has 0 aromatic rings. The third-order valence-corrected chi connectivity index (χ3v) is 0. The second-order valence-corrected chi connectivity index (χ2v) is 0.651. The molecular formula is H8N3NaO4S. The van der Waals surface area contributed by atoms with Gasteiger partial charge in [0.1, 0.15) is 0 Å². The van der Waals surface area contributed by atoms with E-state index in [1.807, 2.05) is 0 Å². The monoisotopic (exact) mass is 169 g/mol. The van der Waals surface area contributed by atoms with Crippen molar-refractivity contribution in [1.29, 1.82) is 0 Å². The molecule has 0 aliphatic heterocycles. The molecule has 0 saturated heterocycles. The van der Waals surface area contributed by atoms with Crippen LogP contribution in [0.15, 0.2) is 0 Å². The molecule has 0 aromatic carbocycles. The van der Waals surface area contributed by atoms with E-state index in [1.165, 1.54) is 0 Å². The molecule has 0 bridgehead atoms. The minimum Gasteiger partial charge on any atom is -0.750 e. The van der Waals surface area contributed by atoms with Crippen LogP contribution >= 0.6 is 0 Å². The smallest absolute Gasteiger partial charge is 0.750 e. The minimum atomic E-state index is -2.86. The fourth-order valence-electron chi connectivity index (χ4n) is 0. The predicted molar refractivity (Wildman–Crippen MR) is 25.9 cm³/mol. The van der Waals surface area contributed by atoms with Crippen molar-refractivity contribution in [3.63, 3.8) is 0 Å². The van der Waals surface area contributed by atoms with Crippen molar-refractivity contribution in [2.24, 2.45) is 17.6 Å². The molecule has 0 aromatic heterocycles. The van der Waals surface area contributed by atoms with Gasteiger partial charge >= 0.3 is 29.6 Å². The van der Waals surface area contributed by atoms with Gasteiger partial charge in [-0.2, -0.15) is 0 Å². The second kappa shape index (κ2) is 36.5. The van der Waals surface area contributed by atoms with E-state index in [-0.39, 0.29) is 29.6 Å². The van der Waals surface area contributed by atoms with E-state index >= 15 is 0 Å². The maximum Gasteiger partial charge on any atom is 1.00 e. The van der Waals surface area contributed by atoms with Gasteiger partial charge in [-0.25, -0.2) is 10.1 Å². The Hall–Kier alpha value is 0.910. The first-order chi connectivity index (χ1) is 3.73. The van der Waals surface area contributed by atoms with Crippen LogP contribution in [0.25, 0.3) is 0 Å². The van der Waals surface area contributed by atoms with Crippen molar-refractivity contribution in [2.45, 2.75) is 0 Å². The molecule has 0 radical (unpaired) electrons. The summed E-state index contributed by atoms with van der Waals surface area (Å²) in [5.41, 5.74) is 0. The standard InChI is InChI=1S/H4N2.H3NO.Na.H2O3S/c2*1-2;;1-4(2)3/h1-2H2;2H,1H2;;(H2,1,2,3)/q;;+1;/p-1. The van der Waals surface area contributed by atoms with E-state index < -0.39 is 11.4 Å². The van der Waals surface area contributed by atoms with Crippen LogP contribution < -0.4 is 47.1 Å². The van der Waals surface area contributed by atoms with Crippen LogP contribution in [0.3, 0.4) is 0 Å². The predicted octanol–water partition coefficient (Wildman–Crippen LogP) is -5.50. The largest absolute Gasteiger partial charge is 1.00 e. The van der Waals surface area contributed by atoms with E-state index in [1.54, 1.807) is 0 Å². The third kappa shape index (κ3) is 514. The molecule has 0 fully saturated rings. The number of rotatable bonds is 0. The van der Waals surface area contributed by atoms with Gasteiger partial charge in [0, 0.05) is 0 Å². The first kappa shape index (κ1) is 22.5. The molecule has 1 unspecified atom stereocenters. The zero-order chi connectivity index (χ0) is 7.58. The molecule has 0 amide bonds. The van der Waals surface area contributed by atoms with Gasteiger partial charge in [-0.05, 0) is 0 Å². The van der Waals surface area contributed by atoms with Gasteiger partial charge in [0.2, 0.25) is 0 Å². The quantitative estimate of drug-likeness (QED) is 0.105. The molecule has 9 heteroatoms. The Morgan fingerprint density at radius 2 is 1.33 bits per heavy atom. The van der Waals surface area contributed by atoms with Crippen LogP contribution in [0, 0.1) is 0 Å². The fraction of sp³-hybridized carbons (Fsp3) is 0. The summed E-state index contributed by atoms with van der Waals surface area (Å²) in [6.45, 7) is 0. The Bertz CT molecular complexity index is 38.8. The molecule has 54 valence electrons. The van der Waals surface area contributed by atoms with Crippen molar-refractivity contribution in [3.05, 3.63) is 0 Å². The topological polar surface area (TPSA) is 159 Å². The van der Waals surface area contributed by atoms with Gasteiger partial charge in [0.15, 0.2) is 0 Å². The summed E-state index contributed by atoms with van der Waals surface area (Å²) >= 11 is -2.86. The van der Waals surface area contributed by atoms with Crippen LogP contribution in [-0.2, 0) is 11.4 Å². The van der Waals surface area contributed by atoms with Gasteiger partial charge in [-0.3, -0.25) is 11.7 Å². The SMILES string of the molecule is NN.NO.O=S([O-])O.[Na+]. The van der Waals surface area contributed by atoms with Gasteiger partial charge in [0.25, 0.3) is 0 Å². The Labute approximate surface area is 76.9 Å². The zero-order valence-corrected chi connectivity index (χ0v) is 7.67. The van der Waals surface area contributed by atoms with Gasteiger partial charge in [-0.1, -0.05) is 0 Å². The molecule has 9 heavy (non-hydrogen) atoms. The molecule has 0 aliphatic rings. The molecule has 0 saturated carbocycles. The van der Waals surface area contributed by atoms with Gasteiger partial charge in [-0.15, -0.1) is 0 Å². The Morgan fingerprint density at radius 3 is 1.33 bits per heavy atom. The summed E-state index contributed by atoms with van der Waals surface area (Å²) in [6, 6.07) is 0. The van der Waals surface area contributed by atoms with E-state index in [0.717, 1.165) is 0 Å². The summed E-state index contributed by atoms with van der Waals surface area (Å²) in [7, 11) is 0. The van der Waals surface area contributed by atoms with Gasteiger partial charge < -0.3 is 14.3 Å². The molecule has 7 nitrogen and oxygen atoms in total. The third-order valence-electron chi connectivity index (χ3n) is 0. The molecule has 8 N–H and O–H groups in total. The molecule has 0 aliphatic carbocycles. The van der Waals surface area contributed by atoms with Crippen molar-refractivity contribution < 1.29 is 48.1 Å². The molecule has 0 rings (SSSR count). The zero-order valence-electron chi connectivity index (χ0n) is 4.85. The molecule has 0 heterocycles. The number of hydrogen-bond acceptors (Lipinski definition) is 6. The Morgan fingerprint density at radius 1 is 1.33 bits per heavy atom. The molecule has 0 spiro atoms. The Kier molecular flexibility index (Phi) is 91.3. The summed E-state index contributed by atoms with van der Waals surface area (Å²) in [6.07, 6.45) is 0. The van der Waals surface area contributed by atoms with Gasteiger partial charge in [0.05, 0.1) is 11.4 Å².